The number of benzene rings is 2. The summed E-state index contributed by atoms with van der Waals surface area (Å²) in [5.74, 6) is -0.235. The number of hydrogen-bond donors (Lipinski definition) is 2. The Hall–Kier alpha value is -2.62. The van der Waals surface area contributed by atoms with Crippen LogP contribution in [0.3, 0.4) is 0 Å². The summed E-state index contributed by atoms with van der Waals surface area (Å²) >= 11 is 0. The Morgan fingerprint density at radius 1 is 0.880 bits per heavy atom. The minimum absolute atomic E-state index is 0.0611. The van der Waals surface area contributed by atoms with Gasteiger partial charge in [0.15, 0.2) is 0 Å². The van der Waals surface area contributed by atoms with Crippen LogP contribution in [0.5, 0.6) is 0 Å². The normalized spacial score (nSPS) is 14.3. The highest BCUT2D eigenvalue weighted by molar-refractivity contribution is 6.05. The number of amides is 2. The van der Waals surface area contributed by atoms with Gasteiger partial charge in [0.25, 0.3) is 11.8 Å². The lowest BCUT2D eigenvalue weighted by Crippen LogP contribution is -2.32. The Morgan fingerprint density at radius 2 is 1.44 bits per heavy atom. The molecule has 0 unspecified atom stereocenters. The molecule has 1 fully saturated rings. The fraction of sp³-hybridized carbons (Fsp3) is 0.333. The minimum Gasteiger partial charge on any atom is -0.349 e. The molecular weight excluding hydrogens is 312 g/mol. The molecule has 1 aliphatic rings. The van der Waals surface area contributed by atoms with Crippen LogP contribution in [0.1, 0.15) is 58.9 Å². The number of carbonyl (C=O) groups excluding carboxylic acids is 2. The van der Waals surface area contributed by atoms with E-state index in [0.717, 1.165) is 24.9 Å². The monoisotopic (exact) mass is 336 g/mol. The van der Waals surface area contributed by atoms with E-state index in [0.29, 0.717) is 17.2 Å². The van der Waals surface area contributed by atoms with Gasteiger partial charge in [0, 0.05) is 22.9 Å². The Balaban J connectivity index is 1.60. The van der Waals surface area contributed by atoms with Crippen LogP contribution in [-0.4, -0.2) is 17.9 Å². The summed E-state index contributed by atoms with van der Waals surface area (Å²) in [6, 6.07) is 14.9. The molecule has 0 aromatic heterocycles. The molecule has 0 heterocycles. The zero-order chi connectivity index (χ0) is 17.6. The second kappa shape index (κ2) is 7.97. The van der Waals surface area contributed by atoms with Crippen LogP contribution in [0.25, 0.3) is 0 Å². The van der Waals surface area contributed by atoms with E-state index in [-0.39, 0.29) is 11.8 Å². The van der Waals surface area contributed by atoms with E-state index in [1.807, 2.05) is 24.3 Å². The first kappa shape index (κ1) is 17.2. The molecule has 2 aromatic carbocycles. The van der Waals surface area contributed by atoms with Crippen molar-refractivity contribution in [2.75, 3.05) is 5.32 Å². The van der Waals surface area contributed by atoms with Gasteiger partial charge in [-0.15, -0.1) is 0 Å². The smallest absolute Gasteiger partial charge is 0.255 e. The van der Waals surface area contributed by atoms with Crippen molar-refractivity contribution in [2.45, 2.75) is 45.1 Å². The van der Waals surface area contributed by atoms with Crippen molar-refractivity contribution in [1.82, 2.24) is 5.32 Å². The molecule has 3 rings (SSSR count). The van der Waals surface area contributed by atoms with Crippen molar-refractivity contribution in [1.29, 1.82) is 0 Å². The van der Waals surface area contributed by atoms with E-state index < -0.39 is 0 Å². The number of hydrogen-bond acceptors (Lipinski definition) is 2. The maximum atomic E-state index is 12.3. The average molecular weight is 336 g/mol. The quantitative estimate of drug-likeness (QED) is 0.861. The van der Waals surface area contributed by atoms with Gasteiger partial charge in [0.05, 0.1) is 0 Å². The van der Waals surface area contributed by atoms with Crippen molar-refractivity contribution >= 4 is 17.5 Å². The Kier molecular flexibility index (Phi) is 5.49. The maximum Gasteiger partial charge on any atom is 0.255 e. The standard InChI is InChI=1S/C21H24N2O2/c1-2-15-7-13-19(14-8-15)23-21(25)17-11-9-16(10-12-17)20(24)22-18-5-3-4-6-18/h7-14,18H,2-6H2,1H3,(H,22,24)(H,23,25). The van der Waals surface area contributed by atoms with Gasteiger partial charge in [0.2, 0.25) is 0 Å². The number of anilines is 1. The Bertz CT molecular complexity index is 729. The molecule has 2 amide bonds. The molecule has 1 saturated carbocycles. The third-order valence-electron chi connectivity index (χ3n) is 4.72. The Morgan fingerprint density at radius 3 is 2.00 bits per heavy atom. The fourth-order valence-electron chi connectivity index (χ4n) is 3.14. The van der Waals surface area contributed by atoms with Gasteiger partial charge >= 0.3 is 0 Å². The van der Waals surface area contributed by atoms with Crippen LogP contribution in [0.4, 0.5) is 5.69 Å². The molecule has 0 spiro atoms. The first-order valence-electron chi connectivity index (χ1n) is 8.97. The summed E-state index contributed by atoms with van der Waals surface area (Å²) in [7, 11) is 0. The van der Waals surface area contributed by atoms with Crippen molar-refractivity contribution in [2.24, 2.45) is 0 Å². The van der Waals surface area contributed by atoms with Gasteiger partial charge in [-0.1, -0.05) is 31.9 Å². The lowest BCUT2D eigenvalue weighted by atomic mass is 10.1. The number of nitrogens with one attached hydrogen (secondary N) is 2. The van der Waals surface area contributed by atoms with Crippen molar-refractivity contribution in [3.63, 3.8) is 0 Å². The average Bonchev–Trinajstić information content (AvgIpc) is 3.15. The molecular formula is C21H24N2O2. The zero-order valence-electron chi connectivity index (χ0n) is 14.5. The largest absolute Gasteiger partial charge is 0.349 e. The number of carbonyl (C=O) groups is 2. The molecule has 2 aromatic rings. The molecule has 0 bridgehead atoms. The summed E-state index contributed by atoms with van der Waals surface area (Å²) in [5.41, 5.74) is 3.13. The maximum absolute atomic E-state index is 12.3. The zero-order valence-corrected chi connectivity index (χ0v) is 14.5. The van der Waals surface area contributed by atoms with Gasteiger partial charge in [0.1, 0.15) is 0 Å². The molecule has 1 aliphatic carbocycles. The molecule has 130 valence electrons. The second-order valence-electron chi connectivity index (χ2n) is 6.54. The first-order valence-corrected chi connectivity index (χ1v) is 8.97. The summed E-state index contributed by atoms with van der Waals surface area (Å²) in [5, 5.41) is 5.93. The van der Waals surface area contributed by atoms with E-state index in [2.05, 4.69) is 17.6 Å². The van der Waals surface area contributed by atoms with Crippen LogP contribution in [0, 0.1) is 0 Å². The Labute approximate surface area is 148 Å². The van der Waals surface area contributed by atoms with E-state index in [1.54, 1.807) is 24.3 Å². The fourth-order valence-corrected chi connectivity index (χ4v) is 3.14. The lowest BCUT2D eigenvalue weighted by Gasteiger charge is -2.12. The SMILES string of the molecule is CCc1ccc(NC(=O)c2ccc(C(=O)NC3CCCC3)cc2)cc1. The van der Waals surface area contributed by atoms with Gasteiger partial charge in [-0.2, -0.15) is 0 Å². The summed E-state index contributed by atoms with van der Waals surface area (Å²) in [6.07, 6.45) is 5.46. The van der Waals surface area contributed by atoms with Gasteiger partial charge in [-0.3, -0.25) is 9.59 Å². The van der Waals surface area contributed by atoms with Crippen molar-refractivity contribution in [3.8, 4) is 0 Å². The van der Waals surface area contributed by atoms with Crippen LogP contribution in [0.2, 0.25) is 0 Å². The highest BCUT2D eigenvalue weighted by Crippen LogP contribution is 2.18. The lowest BCUT2D eigenvalue weighted by molar-refractivity contribution is 0.0936. The molecule has 0 atom stereocenters. The second-order valence-corrected chi connectivity index (χ2v) is 6.54. The highest BCUT2D eigenvalue weighted by atomic mass is 16.2. The third kappa shape index (κ3) is 4.47. The summed E-state index contributed by atoms with van der Waals surface area (Å²) in [6.45, 7) is 2.10. The topological polar surface area (TPSA) is 58.2 Å². The molecule has 0 radical (unpaired) electrons. The predicted molar refractivity (Wildman–Crippen MR) is 99.9 cm³/mol. The van der Waals surface area contributed by atoms with E-state index in [4.69, 9.17) is 0 Å². The highest BCUT2D eigenvalue weighted by Gasteiger charge is 2.18. The van der Waals surface area contributed by atoms with Crippen LogP contribution in [-0.2, 0) is 6.42 Å². The van der Waals surface area contributed by atoms with E-state index in [1.165, 1.54) is 18.4 Å². The van der Waals surface area contributed by atoms with Crippen LogP contribution < -0.4 is 10.6 Å². The van der Waals surface area contributed by atoms with Crippen LogP contribution in [0.15, 0.2) is 48.5 Å². The molecule has 2 N–H and O–H groups in total. The van der Waals surface area contributed by atoms with Crippen molar-refractivity contribution in [3.05, 3.63) is 65.2 Å². The number of rotatable bonds is 5. The molecule has 25 heavy (non-hydrogen) atoms. The molecule has 0 saturated heterocycles. The van der Waals surface area contributed by atoms with Crippen LogP contribution >= 0.6 is 0 Å². The third-order valence-corrected chi connectivity index (χ3v) is 4.72. The molecule has 4 nitrogen and oxygen atoms in total. The predicted octanol–water partition coefficient (Wildman–Crippen LogP) is 4.17. The first-order chi connectivity index (χ1) is 12.2. The van der Waals surface area contributed by atoms with Gasteiger partial charge < -0.3 is 10.6 Å². The molecule has 0 aliphatic heterocycles. The summed E-state index contributed by atoms with van der Waals surface area (Å²) < 4.78 is 0. The molecule has 4 heteroatoms. The van der Waals surface area contributed by atoms with E-state index in [9.17, 15) is 9.59 Å². The minimum atomic E-state index is -0.174. The summed E-state index contributed by atoms with van der Waals surface area (Å²) in [4.78, 5) is 24.5. The van der Waals surface area contributed by atoms with E-state index >= 15 is 0 Å². The van der Waals surface area contributed by atoms with Gasteiger partial charge in [-0.05, 0) is 61.2 Å². The number of aryl methyl sites for hydroxylation is 1. The van der Waals surface area contributed by atoms with Crippen molar-refractivity contribution < 1.29 is 9.59 Å². The van der Waals surface area contributed by atoms with Gasteiger partial charge in [-0.25, -0.2) is 0 Å².